The van der Waals surface area contributed by atoms with E-state index < -0.39 is 15.9 Å². The Bertz CT molecular complexity index is 926. The summed E-state index contributed by atoms with van der Waals surface area (Å²) in [4.78, 5) is 19.7. The number of sulfonamides is 1. The number of rotatable bonds is 5. The number of thiazole rings is 1. The lowest BCUT2D eigenvalue weighted by atomic mass is 10.0. The van der Waals surface area contributed by atoms with Crippen LogP contribution in [0, 0.1) is 26.7 Å². The number of aryl methyl sites for hydroxylation is 3. The van der Waals surface area contributed by atoms with Gasteiger partial charge in [0, 0.05) is 22.8 Å². The van der Waals surface area contributed by atoms with Gasteiger partial charge in [0.1, 0.15) is 5.01 Å². The van der Waals surface area contributed by atoms with Gasteiger partial charge < -0.3 is 4.74 Å². The van der Waals surface area contributed by atoms with Crippen molar-refractivity contribution in [1.82, 2.24) is 9.29 Å². The summed E-state index contributed by atoms with van der Waals surface area (Å²) >= 11 is 3.02. The third-order valence-corrected chi connectivity index (χ3v) is 9.15. The molecule has 0 N–H and O–H groups in total. The van der Waals surface area contributed by atoms with Crippen LogP contribution in [0.25, 0.3) is 9.88 Å². The molecule has 3 rings (SSSR count). The number of esters is 1. The number of carbonyl (C=O) groups is 1. The van der Waals surface area contributed by atoms with E-state index in [9.17, 15) is 13.2 Å². The van der Waals surface area contributed by atoms with Crippen molar-refractivity contribution in [3.05, 3.63) is 21.5 Å². The molecular formula is C18H24N2O4S3. The molecule has 1 aliphatic rings. The van der Waals surface area contributed by atoms with Crippen LogP contribution < -0.4 is 0 Å². The molecule has 0 aliphatic carbocycles. The summed E-state index contributed by atoms with van der Waals surface area (Å²) in [6.07, 6.45) is 1.32. The Morgan fingerprint density at radius 1 is 1.30 bits per heavy atom. The molecule has 0 radical (unpaired) electrons. The van der Waals surface area contributed by atoms with Crippen LogP contribution in [-0.2, 0) is 19.6 Å². The fourth-order valence-corrected chi connectivity index (χ4v) is 7.20. The zero-order chi connectivity index (χ0) is 19.8. The minimum absolute atomic E-state index is 0.182. The zero-order valence-corrected chi connectivity index (χ0v) is 18.4. The second-order valence-electron chi connectivity index (χ2n) is 6.65. The first-order chi connectivity index (χ1) is 12.7. The van der Waals surface area contributed by atoms with Gasteiger partial charge in [-0.2, -0.15) is 4.31 Å². The SMILES string of the molecule is CCOC(=O)[C@@H]1CCCN(S(=O)(=O)c2cc(-c3nc(C)c(C)s3)sc2C)C1. The molecule has 1 atom stereocenters. The molecule has 0 spiro atoms. The maximum atomic E-state index is 13.2. The standard InChI is InChI=1S/C18H24N2O4S3/c1-5-24-18(21)14-7-6-8-20(10-14)27(22,23)16-9-15(25-13(16)4)17-19-11(2)12(3)26-17/h9,14H,5-8,10H2,1-4H3/t14-/m1/s1. The van der Waals surface area contributed by atoms with Gasteiger partial charge in [0.15, 0.2) is 0 Å². The number of thiophene rings is 1. The molecule has 27 heavy (non-hydrogen) atoms. The van der Waals surface area contributed by atoms with E-state index in [0.29, 0.717) is 30.9 Å². The van der Waals surface area contributed by atoms with E-state index in [1.54, 1.807) is 24.3 Å². The van der Waals surface area contributed by atoms with Crippen molar-refractivity contribution in [2.75, 3.05) is 19.7 Å². The fraction of sp³-hybridized carbons (Fsp3) is 0.556. The van der Waals surface area contributed by atoms with E-state index >= 15 is 0 Å². The maximum Gasteiger partial charge on any atom is 0.310 e. The summed E-state index contributed by atoms with van der Waals surface area (Å²) in [5.41, 5.74) is 0.971. The summed E-state index contributed by atoms with van der Waals surface area (Å²) in [5.74, 6) is -0.704. The Morgan fingerprint density at radius 2 is 2.04 bits per heavy atom. The Hall–Kier alpha value is -1.29. The first-order valence-electron chi connectivity index (χ1n) is 8.95. The fourth-order valence-electron chi connectivity index (χ4n) is 3.16. The zero-order valence-electron chi connectivity index (χ0n) is 15.9. The molecule has 3 heterocycles. The number of aromatic nitrogens is 1. The van der Waals surface area contributed by atoms with Crippen molar-refractivity contribution in [1.29, 1.82) is 0 Å². The van der Waals surface area contributed by atoms with E-state index in [2.05, 4.69) is 4.98 Å². The van der Waals surface area contributed by atoms with Gasteiger partial charge in [-0.25, -0.2) is 13.4 Å². The van der Waals surface area contributed by atoms with Crippen molar-refractivity contribution in [2.45, 2.75) is 45.4 Å². The molecule has 6 nitrogen and oxygen atoms in total. The Morgan fingerprint density at radius 3 is 2.67 bits per heavy atom. The minimum Gasteiger partial charge on any atom is -0.466 e. The second-order valence-corrected chi connectivity index (χ2v) is 11.0. The van der Waals surface area contributed by atoms with Gasteiger partial charge in [0.05, 0.1) is 28.0 Å². The van der Waals surface area contributed by atoms with E-state index in [4.69, 9.17) is 4.74 Å². The summed E-state index contributed by atoms with van der Waals surface area (Å²) < 4.78 is 32.9. The normalized spacial score (nSPS) is 18.6. The minimum atomic E-state index is -3.65. The number of nitrogens with zero attached hydrogens (tertiary/aromatic N) is 2. The predicted molar refractivity (Wildman–Crippen MR) is 108 cm³/mol. The first kappa shape index (κ1) is 20.4. The molecule has 0 bridgehead atoms. The van der Waals surface area contributed by atoms with Crippen LogP contribution in [0.1, 0.15) is 35.2 Å². The molecule has 9 heteroatoms. The quantitative estimate of drug-likeness (QED) is 0.678. The van der Waals surface area contributed by atoms with Gasteiger partial charge in [-0.1, -0.05) is 0 Å². The van der Waals surface area contributed by atoms with E-state index in [-0.39, 0.29) is 12.5 Å². The van der Waals surface area contributed by atoms with Gasteiger partial charge in [0.25, 0.3) is 0 Å². The molecule has 2 aromatic heterocycles. The third kappa shape index (κ3) is 4.11. The average Bonchev–Trinajstić information content (AvgIpc) is 3.18. The topological polar surface area (TPSA) is 76.6 Å². The highest BCUT2D eigenvalue weighted by molar-refractivity contribution is 7.89. The van der Waals surface area contributed by atoms with Crippen molar-refractivity contribution in [3.8, 4) is 9.88 Å². The lowest BCUT2D eigenvalue weighted by molar-refractivity contribution is -0.149. The molecule has 2 aromatic rings. The number of piperidine rings is 1. The highest BCUT2D eigenvalue weighted by Gasteiger charge is 2.35. The van der Waals surface area contributed by atoms with E-state index in [1.165, 1.54) is 15.6 Å². The molecular weight excluding hydrogens is 404 g/mol. The molecule has 1 saturated heterocycles. The van der Waals surface area contributed by atoms with Gasteiger partial charge in [0.2, 0.25) is 10.0 Å². The lowest BCUT2D eigenvalue weighted by Crippen LogP contribution is -2.42. The van der Waals surface area contributed by atoms with Gasteiger partial charge in [-0.3, -0.25) is 4.79 Å². The van der Waals surface area contributed by atoms with Crippen LogP contribution in [0.15, 0.2) is 11.0 Å². The number of ether oxygens (including phenoxy) is 1. The average molecular weight is 429 g/mol. The molecule has 0 amide bonds. The largest absolute Gasteiger partial charge is 0.466 e. The van der Waals surface area contributed by atoms with Crippen LogP contribution in [0.2, 0.25) is 0 Å². The molecule has 1 fully saturated rings. The van der Waals surface area contributed by atoms with Crippen LogP contribution in [0.5, 0.6) is 0 Å². The highest BCUT2D eigenvalue weighted by atomic mass is 32.2. The van der Waals surface area contributed by atoms with Gasteiger partial charge >= 0.3 is 5.97 Å². The van der Waals surface area contributed by atoms with Crippen molar-refractivity contribution >= 4 is 38.7 Å². The van der Waals surface area contributed by atoms with Crippen LogP contribution in [-0.4, -0.2) is 43.4 Å². The number of hydrogen-bond acceptors (Lipinski definition) is 7. The first-order valence-corrected chi connectivity index (χ1v) is 12.0. The number of carbonyl (C=O) groups excluding carboxylic acids is 1. The van der Waals surface area contributed by atoms with Crippen molar-refractivity contribution in [2.24, 2.45) is 5.92 Å². The Balaban J connectivity index is 1.87. The van der Waals surface area contributed by atoms with Crippen LogP contribution >= 0.6 is 22.7 Å². The van der Waals surface area contributed by atoms with Crippen LogP contribution in [0.4, 0.5) is 0 Å². The molecule has 0 saturated carbocycles. The van der Waals surface area contributed by atoms with Crippen molar-refractivity contribution in [3.63, 3.8) is 0 Å². The van der Waals surface area contributed by atoms with E-state index in [0.717, 1.165) is 25.3 Å². The predicted octanol–water partition coefficient (Wildman–Crippen LogP) is 3.76. The Labute approximate surface area is 168 Å². The smallest absolute Gasteiger partial charge is 0.310 e. The molecule has 0 unspecified atom stereocenters. The summed E-state index contributed by atoms with van der Waals surface area (Å²) in [5, 5.41) is 0.850. The summed E-state index contributed by atoms with van der Waals surface area (Å²) in [6, 6.07) is 1.72. The Kier molecular flexibility index (Phi) is 6.05. The molecule has 148 valence electrons. The lowest BCUT2D eigenvalue weighted by Gasteiger charge is -2.30. The summed E-state index contributed by atoms with van der Waals surface area (Å²) in [7, 11) is -3.65. The maximum absolute atomic E-state index is 13.2. The second kappa shape index (κ2) is 7.98. The van der Waals surface area contributed by atoms with Crippen LogP contribution in [0.3, 0.4) is 0 Å². The highest BCUT2D eigenvalue weighted by Crippen LogP contribution is 2.38. The third-order valence-electron chi connectivity index (χ3n) is 4.73. The van der Waals surface area contributed by atoms with Gasteiger partial charge in [-0.15, -0.1) is 22.7 Å². The summed E-state index contributed by atoms with van der Waals surface area (Å²) in [6.45, 7) is 8.46. The van der Waals surface area contributed by atoms with Crippen molar-refractivity contribution < 1.29 is 17.9 Å². The monoisotopic (exact) mass is 428 g/mol. The van der Waals surface area contributed by atoms with Gasteiger partial charge in [-0.05, 0) is 46.6 Å². The molecule has 1 aliphatic heterocycles. The molecule has 0 aromatic carbocycles. The number of hydrogen-bond donors (Lipinski definition) is 0. The van der Waals surface area contributed by atoms with E-state index in [1.807, 2.05) is 20.8 Å².